The van der Waals surface area contributed by atoms with E-state index in [0.717, 1.165) is 41.3 Å². The fourth-order valence-electron chi connectivity index (χ4n) is 2.76. The summed E-state index contributed by atoms with van der Waals surface area (Å²) in [6, 6.07) is 7.80. The van der Waals surface area contributed by atoms with Gasteiger partial charge in [0.2, 0.25) is 5.16 Å². The molecule has 0 N–H and O–H groups in total. The van der Waals surface area contributed by atoms with Crippen molar-refractivity contribution in [2.45, 2.75) is 36.6 Å². The molecule has 0 spiro atoms. The van der Waals surface area contributed by atoms with Crippen molar-refractivity contribution in [3.05, 3.63) is 51.3 Å². The van der Waals surface area contributed by atoms with Gasteiger partial charge < -0.3 is 0 Å². The van der Waals surface area contributed by atoms with Gasteiger partial charge in [-0.2, -0.15) is 9.50 Å². The maximum atomic E-state index is 6.50. The van der Waals surface area contributed by atoms with E-state index in [4.69, 9.17) is 23.2 Å². The monoisotopic (exact) mass is 364 g/mol. The predicted molar refractivity (Wildman–Crippen MR) is 93.4 cm³/mol. The molecule has 23 heavy (non-hydrogen) atoms. The molecule has 0 bridgehead atoms. The lowest BCUT2D eigenvalue weighted by Crippen LogP contribution is -2.10. The molecule has 4 nitrogen and oxygen atoms in total. The first kappa shape index (κ1) is 15.2. The lowest BCUT2D eigenvalue weighted by atomic mass is 9.97. The minimum atomic E-state index is 0.592. The van der Waals surface area contributed by atoms with Crippen molar-refractivity contribution in [1.82, 2.24) is 19.6 Å². The second kappa shape index (κ2) is 6.30. The van der Waals surface area contributed by atoms with E-state index in [0.29, 0.717) is 16.1 Å². The van der Waals surface area contributed by atoms with Crippen LogP contribution in [0.5, 0.6) is 0 Å². The largest absolute Gasteiger partial charge is 0.254 e. The Bertz CT molecular complexity index is 861. The normalized spacial score (nSPS) is 14.2. The number of benzene rings is 1. The van der Waals surface area contributed by atoms with Crippen molar-refractivity contribution < 1.29 is 0 Å². The van der Waals surface area contributed by atoms with Crippen LogP contribution in [0.3, 0.4) is 0 Å². The average Bonchev–Trinajstić information content (AvgIpc) is 2.98. The van der Waals surface area contributed by atoms with Crippen molar-refractivity contribution in [1.29, 1.82) is 0 Å². The third-order valence-corrected chi connectivity index (χ3v) is 5.51. The molecule has 0 saturated heterocycles. The van der Waals surface area contributed by atoms with Gasteiger partial charge in [-0.15, -0.1) is 5.10 Å². The molecule has 0 saturated carbocycles. The molecule has 0 unspecified atom stereocenters. The number of aryl methyl sites for hydroxylation is 1. The van der Waals surface area contributed by atoms with Crippen LogP contribution in [0, 0.1) is 0 Å². The van der Waals surface area contributed by atoms with Crippen LogP contribution >= 0.6 is 35.0 Å². The Kier molecular flexibility index (Phi) is 4.18. The molecule has 2 heterocycles. The summed E-state index contributed by atoms with van der Waals surface area (Å²) >= 11 is 14.0. The van der Waals surface area contributed by atoms with Gasteiger partial charge in [0.05, 0.1) is 5.69 Å². The Balaban J connectivity index is 1.61. The quantitative estimate of drug-likeness (QED) is 0.503. The molecule has 1 aliphatic rings. The standard InChI is InChI=1S/C16H14Cl2N4S/c17-11-7-5-10(6-8-11)9-23-16-20-15-19-13-4-2-1-3-12(13)14(18)22(15)21-16/h5-8H,1-4,9H2. The van der Waals surface area contributed by atoms with Crippen molar-refractivity contribution >= 4 is 40.7 Å². The van der Waals surface area contributed by atoms with E-state index in [-0.39, 0.29) is 0 Å². The van der Waals surface area contributed by atoms with Gasteiger partial charge in [-0.1, -0.05) is 47.1 Å². The van der Waals surface area contributed by atoms with Crippen LogP contribution in [0.25, 0.3) is 5.78 Å². The van der Waals surface area contributed by atoms with E-state index in [1.807, 2.05) is 24.3 Å². The predicted octanol–water partition coefficient (Wildman–Crippen LogP) is 4.60. The summed E-state index contributed by atoms with van der Waals surface area (Å²) in [6.07, 6.45) is 4.28. The van der Waals surface area contributed by atoms with Gasteiger partial charge in [0.1, 0.15) is 5.15 Å². The molecule has 0 fully saturated rings. The Morgan fingerprint density at radius 1 is 1.04 bits per heavy atom. The van der Waals surface area contributed by atoms with Crippen LogP contribution in [0.1, 0.15) is 29.7 Å². The Morgan fingerprint density at radius 3 is 2.65 bits per heavy atom. The van der Waals surface area contributed by atoms with Crippen molar-refractivity contribution in [2.75, 3.05) is 0 Å². The summed E-state index contributed by atoms with van der Waals surface area (Å²) in [4.78, 5) is 9.15. The van der Waals surface area contributed by atoms with Crippen LogP contribution in [-0.2, 0) is 18.6 Å². The highest BCUT2D eigenvalue weighted by Crippen LogP contribution is 2.28. The molecule has 0 aliphatic heterocycles. The maximum Gasteiger partial charge on any atom is 0.254 e. The van der Waals surface area contributed by atoms with Crippen molar-refractivity contribution in [3.8, 4) is 0 Å². The van der Waals surface area contributed by atoms with Crippen LogP contribution in [0.15, 0.2) is 29.4 Å². The summed E-state index contributed by atoms with van der Waals surface area (Å²) in [5.41, 5.74) is 3.39. The third kappa shape index (κ3) is 3.05. The second-order valence-electron chi connectivity index (χ2n) is 5.56. The fourth-order valence-corrected chi connectivity index (χ4v) is 3.98. The highest BCUT2D eigenvalue weighted by atomic mass is 35.5. The lowest BCUT2D eigenvalue weighted by molar-refractivity contribution is 0.659. The van der Waals surface area contributed by atoms with E-state index in [1.165, 1.54) is 12.0 Å². The minimum absolute atomic E-state index is 0.592. The number of aromatic nitrogens is 4. The van der Waals surface area contributed by atoms with E-state index < -0.39 is 0 Å². The highest BCUT2D eigenvalue weighted by Gasteiger charge is 2.19. The molecule has 2 aromatic heterocycles. The van der Waals surface area contributed by atoms with E-state index in [9.17, 15) is 0 Å². The van der Waals surface area contributed by atoms with Gasteiger partial charge in [-0.05, 0) is 43.4 Å². The van der Waals surface area contributed by atoms with Crippen molar-refractivity contribution in [3.63, 3.8) is 0 Å². The zero-order valence-electron chi connectivity index (χ0n) is 12.3. The minimum Gasteiger partial charge on any atom is -0.216 e. The van der Waals surface area contributed by atoms with Crippen LogP contribution in [0.4, 0.5) is 0 Å². The molecule has 4 rings (SSSR count). The zero-order chi connectivity index (χ0) is 15.8. The van der Waals surface area contributed by atoms with Crippen LogP contribution in [-0.4, -0.2) is 19.6 Å². The average molecular weight is 365 g/mol. The summed E-state index contributed by atoms with van der Waals surface area (Å²) in [5, 5.41) is 6.60. The molecule has 0 amide bonds. The summed E-state index contributed by atoms with van der Waals surface area (Å²) in [6.45, 7) is 0. The number of hydrogen-bond donors (Lipinski definition) is 0. The number of hydrogen-bond acceptors (Lipinski definition) is 4. The number of nitrogens with zero attached hydrogens (tertiary/aromatic N) is 4. The molecule has 0 radical (unpaired) electrons. The Labute approximate surface area is 148 Å². The summed E-state index contributed by atoms with van der Waals surface area (Å²) in [7, 11) is 0. The number of halogens is 2. The zero-order valence-corrected chi connectivity index (χ0v) is 14.6. The molecule has 0 atom stereocenters. The van der Waals surface area contributed by atoms with Crippen LogP contribution in [0.2, 0.25) is 10.2 Å². The molecule has 1 aliphatic carbocycles. The number of fused-ring (bicyclic) bond motifs is 2. The molecule has 7 heteroatoms. The first-order valence-electron chi connectivity index (χ1n) is 7.52. The first-order valence-corrected chi connectivity index (χ1v) is 9.26. The molecule has 118 valence electrons. The van der Waals surface area contributed by atoms with Gasteiger partial charge in [0.15, 0.2) is 0 Å². The number of thioether (sulfide) groups is 1. The molecular weight excluding hydrogens is 351 g/mol. The van der Waals surface area contributed by atoms with Gasteiger partial charge in [0, 0.05) is 16.3 Å². The third-order valence-electron chi connectivity index (χ3n) is 3.96. The molecule has 1 aromatic carbocycles. The SMILES string of the molecule is Clc1ccc(CSc2nc3nc4c(c(Cl)n3n2)CCCC4)cc1. The first-order chi connectivity index (χ1) is 11.2. The summed E-state index contributed by atoms with van der Waals surface area (Å²) < 4.78 is 1.66. The Morgan fingerprint density at radius 2 is 1.83 bits per heavy atom. The smallest absolute Gasteiger partial charge is 0.216 e. The van der Waals surface area contributed by atoms with Gasteiger partial charge in [0.25, 0.3) is 5.78 Å². The van der Waals surface area contributed by atoms with Gasteiger partial charge >= 0.3 is 0 Å². The summed E-state index contributed by atoms with van der Waals surface area (Å²) in [5.74, 6) is 1.38. The topological polar surface area (TPSA) is 43.1 Å². The lowest BCUT2D eigenvalue weighted by Gasteiger charge is -2.15. The Hall–Kier alpha value is -1.30. The maximum absolute atomic E-state index is 6.50. The molecular formula is C16H14Cl2N4S. The van der Waals surface area contributed by atoms with E-state index in [2.05, 4.69) is 15.1 Å². The van der Waals surface area contributed by atoms with Gasteiger partial charge in [-0.3, -0.25) is 0 Å². The van der Waals surface area contributed by atoms with Gasteiger partial charge in [-0.25, -0.2) is 4.98 Å². The molecule has 3 aromatic rings. The van der Waals surface area contributed by atoms with Crippen molar-refractivity contribution in [2.24, 2.45) is 0 Å². The van der Waals surface area contributed by atoms with E-state index in [1.54, 1.807) is 16.3 Å². The number of rotatable bonds is 3. The fraction of sp³-hybridized carbons (Fsp3) is 0.312. The second-order valence-corrected chi connectivity index (χ2v) is 7.29. The highest BCUT2D eigenvalue weighted by molar-refractivity contribution is 7.98. The van der Waals surface area contributed by atoms with E-state index >= 15 is 0 Å². The van der Waals surface area contributed by atoms with Crippen LogP contribution < -0.4 is 0 Å².